The first-order chi connectivity index (χ1) is 13.2. The first-order valence-electron chi connectivity index (χ1n) is 8.89. The second-order valence-corrected chi connectivity index (χ2v) is 6.70. The van der Waals surface area contributed by atoms with Crippen LogP contribution in [0.4, 0.5) is 11.6 Å². The number of hydrogen-bond donors (Lipinski definition) is 3. The van der Waals surface area contributed by atoms with Gasteiger partial charge < -0.3 is 20.7 Å². The van der Waals surface area contributed by atoms with E-state index in [1.165, 1.54) is 6.20 Å². The van der Waals surface area contributed by atoms with Gasteiger partial charge in [0.15, 0.2) is 0 Å². The molecule has 0 unspecified atom stereocenters. The summed E-state index contributed by atoms with van der Waals surface area (Å²) in [7, 11) is 1.64. The van der Waals surface area contributed by atoms with Crippen LogP contribution in [0.3, 0.4) is 0 Å². The molecular formula is C18H23ClN6O2. The Bertz CT molecular complexity index is 782. The lowest BCUT2D eigenvalue weighted by atomic mass is 9.99. The van der Waals surface area contributed by atoms with Gasteiger partial charge in [-0.3, -0.25) is 9.78 Å². The van der Waals surface area contributed by atoms with E-state index < -0.39 is 0 Å². The Kier molecular flexibility index (Phi) is 6.92. The van der Waals surface area contributed by atoms with Crippen molar-refractivity contribution in [3.8, 4) is 11.3 Å². The minimum Gasteiger partial charge on any atom is -0.383 e. The van der Waals surface area contributed by atoms with Gasteiger partial charge in [-0.25, -0.2) is 9.97 Å². The van der Waals surface area contributed by atoms with Crippen molar-refractivity contribution in [2.75, 3.05) is 44.0 Å². The van der Waals surface area contributed by atoms with Crippen LogP contribution in [0.2, 0.25) is 5.02 Å². The molecular weight excluding hydrogens is 368 g/mol. The SMILES string of the molecule is COCCNc1cncc(-c2cc(NC(=O)[C@@H]3CCCNC3)ncc2Cl)n1. The van der Waals surface area contributed by atoms with Gasteiger partial charge in [0, 0.05) is 32.0 Å². The molecule has 144 valence electrons. The van der Waals surface area contributed by atoms with Crippen LogP contribution in [-0.2, 0) is 9.53 Å². The molecule has 2 aromatic heterocycles. The molecule has 9 heteroatoms. The van der Waals surface area contributed by atoms with Crippen LogP contribution in [-0.4, -0.2) is 54.2 Å². The van der Waals surface area contributed by atoms with Gasteiger partial charge >= 0.3 is 0 Å². The van der Waals surface area contributed by atoms with Crippen molar-refractivity contribution in [1.29, 1.82) is 0 Å². The maximum Gasteiger partial charge on any atom is 0.229 e. The summed E-state index contributed by atoms with van der Waals surface area (Å²) < 4.78 is 5.02. The average Bonchev–Trinajstić information content (AvgIpc) is 2.70. The number of aromatic nitrogens is 3. The number of nitrogens with zero attached hydrogens (tertiary/aromatic N) is 3. The van der Waals surface area contributed by atoms with Crippen LogP contribution in [0.15, 0.2) is 24.7 Å². The van der Waals surface area contributed by atoms with Crippen LogP contribution in [0.25, 0.3) is 11.3 Å². The molecule has 0 aromatic carbocycles. The molecule has 1 atom stereocenters. The minimum absolute atomic E-state index is 0.0379. The number of methoxy groups -OCH3 is 1. The number of nitrogens with one attached hydrogen (secondary N) is 3. The van der Waals surface area contributed by atoms with Crippen molar-refractivity contribution >= 4 is 29.1 Å². The van der Waals surface area contributed by atoms with Crippen LogP contribution < -0.4 is 16.0 Å². The second-order valence-electron chi connectivity index (χ2n) is 6.29. The Labute approximate surface area is 163 Å². The Morgan fingerprint density at radius 1 is 1.37 bits per heavy atom. The van der Waals surface area contributed by atoms with E-state index in [4.69, 9.17) is 16.3 Å². The average molecular weight is 391 g/mol. The van der Waals surface area contributed by atoms with Crippen LogP contribution in [0, 0.1) is 5.92 Å². The van der Waals surface area contributed by atoms with Gasteiger partial charge in [0.2, 0.25) is 5.91 Å². The lowest BCUT2D eigenvalue weighted by Crippen LogP contribution is -2.37. The van der Waals surface area contributed by atoms with Crippen molar-refractivity contribution in [2.45, 2.75) is 12.8 Å². The van der Waals surface area contributed by atoms with Gasteiger partial charge in [0.25, 0.3) is 0 Å². The zero-order valence-electron chi connectivity index (χ0n) is 15.2. The first-order valence-corrected chi connectivity index (χ1v) is 9.27. The number of carbonyl (C=O) groups excluding carboxylic acids is 1. The van der Waals surface area contributed by atoms with Gasteiger partial charge in [-0.15, -0.1) is 0 Å². The van der Waals surface area contributed by atoms with E-state index in [2.05, 4.69) is 30.9 Å². The summed E-state index contributed by atoms with van der Waals surface area (Å²) in [5, 5.41) is 9.69. The molecule has 1 aliphatic rings. The van der Waals surface area contributed by atoms with Crippen LogP contribution >= 0.6 is 11.6 Å². The summed E-state index contributed by atoms with van der Waals surface area (Å²) in [6, 6.07) is 1.72. The zero-order chi connectivity index (χ0) is 19.1. The van der Waals surface area contributed by atoms with E-state index >= 15 is 0 Å². The van der Waals surface area contributed by atoms with E-state index in [1.807, 2.05) is 0 Å². The highest BCUT2D eigenvalue weighted by atomic mass is 35.5. The van der Waals surface area contributed by atoms with Crippen LogP contribution in [0.1, 0.15) is 12.8 Å². The molecule has 3 heterocycles. The predicted octanol–water partition coefficient (Wildman–Crippen LogP) is 2.19. The number of halogens is 1. The number of ether oxygens (including phenoxy) is 1. The van der Waals surface area contributed by atoms with Crippen molar-refractivity contribution in [1.82, 2.24) is 20.3 Å². The first kappa shape index (κ1) is 19.5. The van der Waals surface area contributed by atoms with E-state index in [0.29, 0.717) is 47.6 Å². The number of anilines is 2. The highest BCUT2D eigenvalue weighted by Gasteiger charge is 2.21. The smallest absolute Gasteiger partial charge is 0.229 e. The molecule has 8 nitrogen and oxygen atoms in total. The lowest BCUT2D eigenvalue weighted by Gasteiger charge is -2.21. The highest BCUT2D eigenvalue weighted by Crippen LogP contribution is 2.28. The Balaban J connectivity index is 1.75. The standard InChI is InChI=1S/C18H23ClN6O2/c1-27-6-5-22-17-11-21-10-15(24-17)13-7-16(23-9-14(13)19)25-18(26)12-3-2-4-20-8-12/h7,9-12,20H,2-6,8H2,1H3,(H,22,24)(H,23,25,26)/t12-/m1/s1. The number of piperidine rings is 1. The Morgan fingerprint density at radius 2 is 2.26 bits per heavy atom. The Hall–Kier alpha value is -2.29. The third-order valence-electron chi connectivity index (χ3n) is 4.30. The van der Waals surface area contributed by atoms with E-state index in [1.54, 1.807) is 25.6 Å². The monoisotopic (exact) mass is 390 g/mol. The largest absolute Gasteiger partial charge is 0.383 e. The molecule has 1 saturated heterocycles. The molecule has 0 spiro atoms. The molecule has 2 aromatic rings. The number of rotatable bonds is 7. The van der Waals surface area contributed by atoms with Crippen molar-refractivity contribution in [2.24, 2.45) is 5.92 Å². The third-order valence-corrected chi connectivity index (χ3v) is 4.60. The predicted molar refractivity (Wildman–Crippen MR) is 105 cm³/mol. The number of hydrogen-bond acceptors (Lipinski definition) is 7. The number of amides is 1. The molecule has 1 amide bonds. The summed E-state index contributed by atoms with van der Waals surface area (Å²) in [5.74, 6) is 0.984. The minimum atomic E-state index is -0.0483. The fourth-order valence-corrected chi connectivity index (χ4v) is 3.07. The highest BCUT2D eigenvalue weighted by molar-refractivity contribution is 6.33. The summed E-state index contributed by atoms with van der Waals surface area (Å²) in [4.78, 5) is 25.4. The van der Waals surface area contributed by atoms with Gasteiger partial charge in [-0.05, 0) is 25.5 Å². The summed E-state index contributed by atoms with van der Waals surface area (Å²) in [6.45, 7) is 2.83. The van der Waals surface area contributed by atoms with Gasteiger partial charge in [-0.2, -0.15) is 0 Å². The molecule has 3 rings (SSSR count). The molecule has 0 aliphatic carbocycles. The van der Waals surface area contributed by atoms with Crippen molar-refractivity contribution in [3.05, 3.63) is 29.7 Å². The summed E-state index contributed by atoms with van der Waals surface area (Å²) in [5.41, 5.74) is 1.26. The summed E-state index contributed by atoms with van der Waals surface area (Å²) in [6.07, 6.45) is 6.64. The zero-order valence-corrected chi connectivity index (χ0v) is 15.9. The molecule has 3 N–H and O–H groups in total. The Morgan fingerprint density at radius 3 is 3.04 bits per heavy atom. The second kappa shape index (κ2) is 9.59. The lowest BCUT2D eigenvalue weighted by molar-refractivity contribution is -0.120. The van der Waals surface area contributed by atoms with Gasteiger partial charge in [-0.1, -0.05) is 11.6 Å². The normalized spacial score (nSPS) is 16.7. The molecule has 0 bridgehead atoms. The van der Waals surface area contributed by atoms with E-state index in [9.17, 15) is 4.79 Å². The van der Waals surface area contributed by atoms with E-state index in [0.717, 1.165) is 19.4 Å². The quantitative estimate of drug-likeness (QED) is 0.623. The van der Waals surface area contributed by atoms with Gasteiger partial charge in [0.1, 0.15) is 11.6 Å². The fraction of sp³-hybridized carbons (Fsp3) is 0.444. The molecule has 27 heavy (non-hydrogen) atoms. The molecule has 0 saturated carbocycles. The fourth-order valence-electron chi connectivity index (χ4n) is 2.87. The molecule has 1 aliphatic heterocycles. The van der Waals surface area contributed by atoms with Crippen LogP contribution in [0.5, 0.6) is 0 Å². The topological polar surface area (TPSA) is 101 Å². The van der Waals surface area contributed by atoms with Crippen molar-refractivity contribution < 1.29 is 9.53 Å². The molecule has 1 fully saturated rings. The molecule has 0 radical (unpaired) electrons. The number of carbonyl (C=O) groups is 1. The summed E-state index contributed by atoms with van der Waals surface area (Å²) >= 11 is 6.30. The third kappa shape index (κ3) is 5.35. The van der Waals surface area contributed by atoms with Gasteiger partial charge in [0.05, 0.1) is 35.6 Å². The van der Waals surface area contributed by atoms with Crippen molar-refractivity contribution in [3.63, 3.8) is 0 Å². The number of pyridine rings is 1. The van der Waals surface area contributed by atoms with E-state index in [-0.39, 0.29) is 11.8 Å². The maximum absolute atomic E-state index is 12.4. The maximum atomic E-state index is 12.4.